The van der Waals surface area contributed by atoms with E-state index in [1.807, 2.05) is 28.8 Å². The Morgan fingerprint density at radius 2 is 1.90 bits per heavy atom. The van der Waals surface area contributed by atoms with Crippen LogP contribution >= 0.6 is 11.3 Å². The summed E-state index contributed by atoms with van der Waals surface area (Å²) in [6.07, 6.45) is 0.205. The predicted molar refractivity (Wildman–Crippen MR) is 113 cm³/mol. The van der Waals surface area contributed by atoms with E-state index in [1.54, 1.807) is 12.1 Å². The van der Waals surface area contributed by atoms with E-state index in [-0.39, 0.29) is 24.9 Å². The zero-order valence-corrected chi connectivity index (χ0v) is 17.6. The molecule has 7 heteroatoms. The lowest BCUT2D eigenvalue weighted by Gasteiger charge is -2.07. The average molecular weight is 413 g/mol. The van der Waals surface area contributed by atoms with Gasteiger partial charge in [-0.05, 0) is 35.7 Å². The van der Waals surface area contributed by atoms with E-state index in [9.17, 15) is 9.59 Å². The zero-order valence-electron chi connectivity index (χ0n) is 16.8. The quantitative estimate of drug-likeness (QED) is 0.552. The number of aromatic nitrogens is 1. The molecule has 1 amide bonds. The van der Waals surface area contributed by atoms with E-state index in [0.717, 1.165) is 10.2 Å². The molecule has 0 aliphatic rings. The lowest BCUT2D eigenvalue weighted by Crippen LogP contribution is -2.21. The monoisotopic (exact) mass is 412 g/mol. The molecule has 6 nitrogen and oxygen atoms in total. The van der Waals surface area contributed by atoms with Crippen LogP contribution in [0.4, 0.5) is 0 Å². The third kappa shape index (κ3) is 5.32. The lowest BCUT2D eigenvalue weighted by atomic mass is 10.0. The first-order chi connectivity index (χ1) is 14.0. The van der Waals surface area contributed by atoms with Crippen molar-refractivity contribution in [2.45, 2.75) is 32.7 Å². The molecule has 0 saturated heterocycles. The Morgan fingerprint density at radius 1 is 1.14 bits per heavy atom. The highest BCUT2D eigenvalue weighted by atomic mass is 32.1. The Balaban J connectivity index is 1.91. The molecule has 0 atom stereocenters. The van der Waals surface area contributed by atoms with Crippen LogP contribution in [0, 0.1) is 0 Å². The Hall–Kier alpha value is -2.93. The number of carbonyl (C=O) groups excluding carboxylic acids is 2. The molecule has 3 rings (SSSR count). The summed E-state index contributed by atoms with van der Waals surface area (Å²) in [5, 5.41) is 0. The molecular weight excluding hydrogens is 388 g/mol. The van der Waals surface area contributed by atoms with Gasteiger partial charge in [-0.2, -0.15) is 4.99 Å². The Bertz CT molecular complexity index is 1070. The summed E-state index contributed by atoms with van der Waals surface area (Å²) in [5.41, 5.74) is 2.16. The van der Waals surface area contributed by atoms with Gasteiger partial charge in [-0.15, -0.1) is 0 Å². The molecule has 2 aromatic carbocycles. The lowest BCUT2D eigenvalue weighted by molar-refractivity contribution is -0.140. The largest absolute Gasteiger partial charge is 0.484 e. The number of aryl methyl sites for hydroxylation is 1. The molecule has 0 N–H and O–H groups in total. The zero-order chi connectivity index (χ0) is 20.8. The van der Waals surface area contributed by atoms with Crippen molar-refractivity contribution in [2.24, 2.45) is 4.99 Å². The van der Waals surface area contributed by atoms with Gasteiger partial charge in [0.25, 0.3) is 5.91 Å². The molecule has 1 aromatic heterocycles. The fraction of sp³-hybridized carbons (Fsp3) is 0.318. The van der Waals surface area contributed by atoms with Gasteiger partial charge in [0, 0.05) is 6.54 Å². The summed E-state index contributed by atoms with van der Waals surface area (Å²) >= 11 is 1.43. The van der Waals surface area contributed by atoms with E-state index in [1.165, 1.54) is 24.0 Å². The first kappa shape index (κ1) is 20.8. The van der Waals surface area contributed by atoms with Crippen molar-refractivity contribution < 1.29 is 19.1 Å². The van der Waals surface area contributed by atoms with Crippen LogP contribution in [-0.4, -0.2) is 30.2 Å². The van der Waals surface area contributed by atoms with Gasteiger partial charge in [-0.1, -0.05) is 49.4 Å². The van der Waals surface area contributed by atoms with Gasteiger partial charge in [0.2, 0.25) is 0 Å². The predicted octanol–water partition coefficient (Wildman–Crippen LogP) is 3.90. The molecule has 3 aromatic rings. The fourth-order valence-corrected chi connectivity index (χ4v) is 3.98. The second-order valence-corrected chi connectivity index (χ2v) is 7.86. The molecule has 0 fully saturated rings. The molecule has 0 bridgehead atoms. The number of hydrogen-bond acceptors (Lipinski definition) is 5. The van der Waals surface area contributed by atoms with Gasteiger partial charge in [0.15, 0.2) is 11.4 Å². The number of rotatable bonds is 7. The number of nitrogens with zero attached hydrogens (tertiary/aromatic N) is 2. The minimum atomic E-state index is -0.378. The third-order valence-electron chi connectivity index (χ3n) is 4.47. The van der Waals surface area contributed by atoms with Crippen LogP contribution in [0.25, 0.3) is 10.2 Å². The number of amides is 1. The Morgan fingerprint density at radius 3 is 2.59 bits per heavy atom. The van der Waals surface area contributed by atoms with Crippen LogP contribution < -0.4 is 9.54 Å². The van der Waals surface area contributed by atoms with Gasteiger partial charge >= 0.3 is 5.97 Å². The normalized spacial score (nSPS) is 11.8. The third-order valence-corrected chi connectivity index (χ3v) is 5.51. The summed E-state index contributed by atoms with van der Waals surface area (Å²) < 4.78 is 13.2. The smallest absolute Gasteiger partial charge is 0.307 e. The van der Waals surface area contributed by atoms with E-state index < -0.39 is 0 Å². The van der Waals surface area contributed by atoms with Crippen LogP contribution in [0.1, 0.15) is 31.7 Å². The van der Waals surface area contributed by atoms with Crippen molar-refractivity contribution >= 4 is 33.4 Å². The maximum Gasteiger partial charge on any atom is 0.307 e. The van der Waals surface area contributed by atoms with Crippen molar-refractivity contribution in [3.8, 4) is 5.75 Å². The number of benzene rings is 2. The van der Waals surface area contributed by atoms with Crippen molar-refractivity contribution in [1.29, 1.82) is 0 Å². The van der Waals surface area contributed by atoms with Crippen molar-refractivity contribution in [2.75, 3.05) is 13.7 Å². The Kier molecular flexibility index (Phi) is 6.82. The minimum Gasteiger partial charge on any atom is -0.484 e. The van der Waals surface area contributed by atoms with Gasteiger partial charge in [0.1, 0.15) is 5.75 Å². The van der Waals surface area contributed by atoms with E-state index in [0.29, 0.717) is 23.0 Å². The highest BCUT2D eigenvalue weighted by Crippen LogP contribution is 2.24. The minimum absolute atomic E-state index is 0.146. The van der Waals surface area contributed by atoms with Crippen LogP contribution in [0.15, 0.2) is 53.5 Å². The highest BCUT2D eigenvalue weighted by Gasteiger charge is 2.12. The molecular formula is C22H24N2O4S. The van der Waals surface area contributed by atoms with Gasteiger partial charge in [-0.3, -0.25) is 9.59 Å². The van der Waals surface area contributed by atoms with Crippen molar-refractivity contribution in [3.63, 3.8) is 0 Å². The number of methoxy groups -OCH3 is 1. The van der Waals surface area contributed by atoms with Gasteiger partial charge < -0.3 is 14.0 Å². The summed E-state index contributed by atoms with van der Waals surface area (Å²) in [7, 11) is 1.36. The summed E-state index contributed by atoms with van der Waals surface area (Å²) in [5.74, 6) is 0.329. The molecule has 29 heavy (non-hydrogen) atoms. The van der Waals surface area contributed by atoms with Gasteiger partial charge in [0.05, 0.1) is 23.7 Å². The molecule has 1 heterocycles. The Labute approximate surface area is 173 Å². The highest BCUT2D eigenvalue weighted by molar-refractivity contribution is 7.16. The molecule has 0 aliphatic heterocycles. The van der Waals surface area contributed by atoms with Crippen LogP contribution in [-0.2, 0) is 20.9 Å². The summed E-state index contributed by atoms with van der Waals surface area (Å²) in [6, 6.07) is 15.3. The first-order valence-corrected chi connectivity index (χ1v) is 10.2. The number of para-hydroxylation sites is 1. The number of fused-ring (bicyclic) bond motifs is 1. The SMILES string of the molecule is COC(=O)CCn1c(=NC(=O)COc2ccccc2)sc2cc(C(C)C)ccc21. The number of carbonyl (C=O) groups is 2. The van der Waals surface area contributed by atoms with Crippen LogP contribution in [0.3, 0.4) is 0 Å². The molecule has 0 aliphatic carbocycles. The standard InChI is InChI=1S/C22H24N2O4S/c1-15(2)16-9-10-18-19(13-16)29-22(24(18)12-11-21(26)27-3)23-20(25)14-28-17-7-5-4-6-8-17/h4-10,13,15H,11-12,14H2,1-3H3. The van der Waals surface area contributed by atoms with E-state index in [4.69, 9.17) is 9.47 Å². The molecule has 0 radical (unpaired) electrons. The topological polar surface area (TPSA) is 69.9 Å². The fourth-order valence-electron chi connectivity index (χ4n) is 2.86. The maximum absolute atomic E-state index is 12.4. The molecule has 152 valence electrons. The average Bonchev–Trinajstić information content (AvgIpc) is 3.07. The number of ether oxygens (including phenoxy) is 2. The number of hydrogen-bond donors (Lipinski definition) is 0. The van der Waals surface area contributed by atoms with Gasteiger partial charge in [-0.25, -0.2) is 0 Å². The summed E-state index contributed by atoms with van der Waals surface area (Å²) in [6.45, 7) is 4.51. The van der Waals surface area contributed by atoms with E-state index in [2.05, 4.69) is 31.0 Å². The molecule has 0 unspecified atom stereocenters. The number of esters is 1. The molecule has 0 spiro atoms. The number of thiazole rings is 1. The van der Waals surface area contributed by atoms with Crippen LogP contribution in [0.5, 0.6) is 5.75 Å². The van der Waals surface area contributed by atoms with Crippen LogP contribution in [0.2, 0.25) is 0 Å². The molecule has 0 saturated carbocycles. The summed E-state index contributed by atoms with van der Waals surface area (Å²) in [4.78, 5) is 28.8. The second-order valence-electron chi connectivity index (χ2n) is 6.85. The van der Waals surface area contributed by atoms with Crippen molar-refractivity contribution in [3.05, 3.63) is 58.9 Å². The van der Waals surface area contributed by atoms with E-state index >= 15 is 0 Å². The second kappa shape index (κ2) is 9.52. The maximum atomic E-state index is 12.4. The first-order valence-electron chi connectivity index (χ1n) is 9.43. The van der Waals surface area contributed by atoms with Crippen molar-refractivity contribution in [1.82, 2.24) is 4.57 Å².